The molecule has 2 aromatic heterocycles. The first-order valence-electron chi connectivity index (χ1n) is 9.50. The lowest BCUT2D eigenvalue weighted by Crippen LogP contribution is -2.39. The summed E-state index contributed by atoms with van der Waals surface area (Å²) in [7, 11) is 0. The van der Waals surface area contributed by atoms with Crippen LogP contribution < -0.4 is 0 Å². The molecule has 0 unspecified atom stereocenters. The van der Waals surface area contributed by atoms with Crippen LogP contribution in [0.15, 0.2) is 36.5 Å². The van der Waals surface area contributed by atoms with Crippen molar-refractivity contribution in [3.05, 3.63) is 59.2 Å². The van der Waals surface area contributed by atoms with Crippen molar-refractivity contribution in [2.45, 2.75) is 39.0 Å². The normalized spacial score (nSPS) is 15.3. The van der Waals surface area contributed by atoms with Crippen LogP contribution in [0, 0.1) is 13.8 Å². The summed E-state index contributed by atoms with van der Waals surface area (Å²) in [5, 5.41) is 14.6. The van der Waals surface area contributed by atoms with Gasteiger partial charge in [0.25, 0.3) is 0 Å². The van der Waals surface area contributed by atoms with Gasteiger partial charge in [-0.05, 0) is 32.3 Å². The Kier molecular flexibility index (Phi) is 4.79. The minimum Gasteiger partial charge on any atom is -0.342 e. The molecule has 0 atom stereocenters. The van der Waals surface area contributed by atoms with E-state index in [4.69, 9.17) is 0 Å². The molecule has 3 aromatic rings. The fraction of sp³-hybridized carbons (Fsp3) is 0.381. The molecule has 4 rings (SSSR count). The lowest BCUT2D eigenvalue weighted by atomic mass is 9.89. The Balaban J connectivity index is 1.41. The number of H-pyrrole nitrogens is 2. The monoisotopic (exact) mass is 363 g/mol. The number of amides is 1. The van der Waals surface area contributed by atoms with E-state index in [-0.39, 0.29) is 5.91 Å². The summed E-state index contributed by atoms with van der Waals surface area (Å²) >= 11 is 0. The summed E-state index contributed by atoms with van der Waals surface area (Å²) in [4.78, 5) is 14.7. The molecule has 0 aliphatic carbocycles. The van der Waals surface area contributed by atoms with Crippen molar-refractivity contribution >= 4 is 5.91 Å². The predicted octanol–water partition coefficient (Wildman–Crippen LogP) is 3.37. The summed E-state index contributed by atoms with van der Waals surface area (Å²) in [6, 6.07) is 10.3. The quantitative estimate of drug-likeness (QED) is 0.746. The molecular formula is C21H25N5O. The number of nitrogens with zero attached hydrogens (tertiary/aromatic N) is 3. The number of carbonyl (C=O) groups excluding carboxylic acids is 1. The van der Waals surface area contributed by atoms with Crippen molar-refractivity contribution in [2.24, 2.45) is 0 Å². The predicted molar refractivity (Wildman–Crippen MR) is 104 cm³/mol. The Bertz CT molecular complexity index is 900. The van der Waals surface area contributed by atoms with Gasteiger partial charge in [-0.3, -0.25) is 15.0 Å². The molecule has 1 aliphatic heterocycles. The molecule has 1 saturated heterocycles. The number of carbonyl (C=O) groups is 1. The van der Waals surface area contributed by atoms with Crippen molar-refractivity contribution in [1.82, 2.24) is 25.3 Å². The number of hydrogen-bond donors (Lipinski definition) is 2. The largest absolute Gasteiger partial charge is 0.342 e. The van der Waals surface area contributed by atoms with Gasteiger partial charge in [-0.25, -0.2) is 0 Å². The molecule has 2 N–H and O–H groups in total. The molecule has 0 bridgehead atoms. The number of likely N-dealkylation sites (tertiary alicyclic amines) is 1. The zero-order valence-corrected chi connectivity index (χ0v) is 15.8. The second-order valence-corrected chi connectivity index (χ2v) is 7.31. The third-order valence-corrected chi connectivity index (χ3v) is 5.62. The van der Waals surface area contributed by atoms with Crippen LogP contribution in [0.1, 0.15) is 41.4 Å². The van der Waals surface area contributed by atoms with E-state index in [1.807, 2.05) is 43.1 Å². The molecular weight excluding hydrogens is 338 g/mol. The van der Waals surface area contributed by atoms with Crippen LogP contribution in [0.2, 0.25) is 0 Å². The summed E-state index contributed by atoms with van der Waals surface area (Å²) < 4.78 is 0. The highest BCUT2D eigenvalue weighted by molar-refractivity contribution is 5.79. The van der Waals surface area contributed by atoms with Crippen LogP contribution in [-0.2, 0) is 11.2 Å². The zero-order valence-electron chi connectivity index (χ0n) is 15.8. The molecule has 1 aromatic carbocycles. The summed E-state index contributed by atoms with van der Waals surface area (Å²) in [6.45, 7) is 5.49. The van der Waals surface area contributed by atoms with Gasteiger partial charge in [-0.15, -0.1) is 0 Å². The second-order valence-electron chi connectivity index (χ2n) is 7.31. The van der Waals surface area contributed by atoms with Gasteiger partial charge in [0.15, 0.2) is 0 Å². The number of nitrogens with one attached hydrogen (secondary N) is 2. The maximum atomic E-state index is 12.7. The molecule has 1 amide bonds. The molecule has 6 nitrogen and oxygen atoms in total. The van der Waals surface area contributed by atoms with E-state index in [0.717, 1.165) is 42.9 Å². The first-order valence-corrected chi connectivity index (χ1v) is 9.50. The van der Waals surface area contributed by atoms with Gasteiger partial charge >= 0.3 is 0 Å². The Labute approximate surface area is 159 Å². The van der Waals surface area contributed by atoms with E-state index in [0.29, 0.717) is 12.3 Å². The van der Waals surface area contributed by atoms with E-state index in [1.54, 1.807) is 0 Å². The number of hydrogen-bond acceptors (Lipinski definition) is 3. The van der Waals surface area contributed by atoms with Gasteiger partial charge < -0.3 is 4.90 Å². The van der Waals surface area contributed by atoms with E-state index >= 15 is 0 Å². The smallest absolute Gasteiger partial charge is 0.227 e. The summed E-state index contributed by atoms with van der Waals surface area (Å²) in [5.41, 5.74) is 6.48. The van der Waals surface area contributed by atoms with Crippen LogP contribution in [0.25, 0.3) is 11.1 Å². The van der Waals surface area contributed by atoms with Crippen molar-refractivity contribution in [2.75, 3.05) is 13.1 Å². The number of aromatic nitrogens is 4. The summed E-state index contributed by atoms with van der Waals surface area (Å²) in [5.74, 6) is 0.595. The molecule has 3 heterocycles. The van der Waals surface area contributed by atoms with Gasteiger partial charge in [0.2, 0.25) is 5.91 Å². The molecule has 27 heavy (non-hydrogen) atoms. The van der Waals surface area contributed by atoms with Crippen LogP contribution in [0.4, 0.5) is 0 Å². The van der Waals surface area contributed by atoms with E-state index in [9.17, 15) is 4.79 Å². The van der Waals surface area contributed by atoms with Gasteiger partial charge in [-0.2, -0.15) is 10.2 Å². The number of aryl methyl sites for hydroxylation is 2. The first-order chi connectivity index (χ1) is 13.1. The third kappa shape index (κ3) is 3.52. The van der Waals surface area contributed by atoms with Crippen molar-refractivity contribution in [3.63, 3.8) is 0 Å². The average molecular weight is 363 g/mol. The van der Waals surface area contributed by atoms with Crippen molar-refractivity contribution < 1.29 is 4.79 Å². The molecule has 140 valence electrons. The van der Waals surface area contributed by atoms with Gasteiger partial charge in [0, 0.05) is 41.5 Å². The lowest BCUT2D eigenvalue weighted by molar-refractivity contribution is -0.131. The fourth-order valence-corrected chi connectivity index (χ4v) is 3.97. The molecule has 6 heteroatoms. The number of rotatable bonds is 4. The standard InChI is InChI=1S/C21H25N5O/c1-14-18(15(2)24-23-14)12-20(27)26-10-8-17(9-11-26)21-19(13-22-25-21)16-6-4-3-5-7-16/h3-7,13,17H,8-12H2,1-2H3,(H,22,25)(H,23,24). The number of aromatic amines is 2. The minimum atomic E-state index is 0.189. The molecule has 0 radical (unpaired) electrons. The average Bonchev–Trinajstić information content (AvgIpc) is 3.31. The minimum absolute atomic E-state index is 0.189. The maximum Gasteiger partial charge on any atom is 0.227 e. The Morgan fingerprint density at radius 1 is 1.15 bits per heavy atom. The SMILES string of the molecule is Cc1n[nH]c(C)c1CC(=O)N1CCC(c2[nH]ncc2-c2ccccc2)CC1. The first kappa shape index (κ1) is 17.5. The van der Waals surface area contributed by atoms with Gasteiger partial charge in [0.05, 0.1) is 18.3 Å². The fourth-order valence-electron chi connectivity index (χ4n) is 3.97. The number of benzene rings is 1. The van der Waals surface area contributed by atoms with E-state index < -0.39 is 0 Å². The highest BCUT2D eigenvalue weighted by Gasteiger charge is 2.27. The zero-order chi connectivity index (χ0) is 18.8. The lowest BCUT2D eigenvalue weighted by Gasteiger charge is -2.32. The maximum absolute atomic E-state index is 12.7. The Hall–Kier alpha value is -2.89. The van der Waals surface area contributed by atoms with E-state index in [2.05, 4.69) is 32.5 Å². The second kappa shape index (κ2) is 7.39. The van der Waals surface area contributed by atoms with Crippen LogP contribution >= 0.6 is 0 Å². The molecule has 1 aliphatic rings. The molecule has 0 saturated carbocycles. The van der Waals surface area contributed by atoms with Gasteiger partial charge in [-0.1, -0.05) is 30.3 Å². The van der Waals surface area contributed by atoms with Crippen molar-refractivity contribution in [3.8, 4) is 11.1 Å². The highest BCUT2D eigenvalue weighted by Crippen LogP contribution is 2.33. The third-order valence-electron chi connectivity index (χ3n) is 5.62. The summed E-state index contributed by atoms with van der Waals surface area (Å²) in [6.07, 6.45) is 4.25. The molecule has 0 spiro atoms. The van der Waals surface area contributed by atoms with Crippen LogP contribution in [0.5, 0.6) is 0 Å². The van der Waals surface area contributed by atoms with Crippen LogP contribution in [0.3, 0.4) is 0 Å². The Morgan fingerprint density at radius 3 is 2.56 bits per heavy atom. The Morgan fingerprint density at radius 2 is 1.89 bits per heavy atom. The highest BCUT2D eigenvalue weighted by atomic mass is 16.2. The molecule has 1 fully saturated rings. The van der Waals surface area contributed by atoms with Crippen molar-refractivity contribution in [1.29, 1.82) is 0 Å². The van der Waals surface area contributed by atoms with Crippen LogP contribution in [-0.4, -0.2) is 44.3 Å². The number of piperidine rings is 1. The van der Waals surface area contributed by atoms with Gasteiger partial charge in [0.1, 0.15) is 0 Å². The van der Waals surface area contributed by atoms with E-state index in [1.165, 1.54) is 16.8 Å². The topological polar surface area (TPSA) is 77.7 Å².